The summed E-state index contributed by atoms with van der Waals surface area (Å²) >= 11 is 0. The first kappa shape index (κ1) is 64.5. The van der Waals surface area contributed by atoms with E-state index in [1.165, 1.54) is 141 Å². The number of ether oxygens (including phenoxy) is 5. The van der Waals surface area contributed by atoms with E-state index in [2.05, 4.69) is 32.9 Å². The highest BCUT2D eigenvalue weighted by molar-refractivity contribution is 5.74. The van der Waals surface area contributed by atoms with Gasteiger partial charge in [-0.2, -0.15) is 0 Å². The van der Waals surface area contributed by atoms with Crippen LogP contribution in [0.1, 0.15) is 278 Å². The average molecular weight is 981 g/mol. The number of hydrogen-bond donors (Lipinski definition) is 3. The van der Waals surface area contributed by atoms with Crippen molar-refractivity contribution >= 4 is 23.9 Å². The van der Waals surface area contributed by atoms with Crippen LogP contribution in [0.2, 0.25) is 0 Å². The highest BCUT2D eigenvalue weighted by Gasteiger charge is 2.50. The van der Waals surface area contributed by atoms with Crippen molar-refractivity contribution < 1.29 is 58.2 Å². The molecule has 3 N–H and O–H groups in total. The zero-order valence-electron chi connectivity index (χ0n) is 44.3. The zero-order chi connectivity index (χ0) is 50.4. The molecule has 12 heteroatoms. The van der Waals surface area contributed by atoms with Crippen molar-refractivity contribution in [1.29, 1.82) is 0 Å². The Morgan fingerprint density at radius 2 is 0.826 bits per heavy atom. The van der Waals surface area contributed by atoms with Gasteiger partial charge in [0.2, 0.25) is 0 Å². The number of aliphatic hydroxyl groups is 2. The lowest BCUT2D eigenvalue weighted by atomic mass is 9.98. The Morgan fingerprint density at radius 1 is 0.464 bits per heavy atom. The van der Waals surface area contributed by atoms with Crippen LogP contribution in [0.5, 0.6) is 0 Å². The van der Waals surface area contributed by atoms with Gasteiger partial charge in [-0.15, -0.1) is 0 Å². The van der Waals surface area contributed by atoms with Crippen molar-refractivity contribution in [3.8, 4) is 0 Å². The molecule has 1 heterocycles. The maximum Gasteiger partial charge on any atom is 0.335 e. The molecular weight excluding hydrogens is 877 g/mol. The van der Waals surface area contributed by atoms with Crippen LogP contribution in [0, 0.1) is 0 Å². The molecular formula is C57H104O12. The Bertz CT molecular complexity index is 1260. The quantitative estimate of drug-likeness (QED) is 0.0228. The van der Waals surface area contributed by atoms with Gasteiger partial charge in [0, 0.05) is 19.3 Å². The Hall–Kier alpha value is -2.54. The van der Waals surface area contributed by atoms with Crippen LogP contribution >= 0.6 is 0 Å². The molecule has 0 aliphatic carbocycles. The predicted molar refractivity (Wildman–Crippen MR) is 276 cm³/mol. The van der Waals surface area contributed by atoms with Crippen molar-refractivity contribution in [2.75, 3.05) is 13.2 Å². The second-order valence-electron chi connectivity index (χ2n) is 19.9. The van der Waals surface area contributed by atoms with Gasteiger partial charge in [-0.3, -0.25) is 14.4 Å². The first-order valence-electron chi connectivity index (χ1n) is 28.7. The first-order chi connectivity index (χ1) is 33.6. The molecule has 1 aliphatic heterocycles. The molecule has 0 radical (unpaired) electrons. The van der Waals surface area contributed by atoms with Crippen molar-refractivity contribution in [3.63, 3.8) is 0 Å². The molecule has 0 amide bonds. The molecule has 6 unspecified atom stereocenters. The Balaban J connectivity index is 2.68. The summed E-state index contributed by atoms with van der Waals surface area (Å²) in [7, 11) is 0. The fourth-order valence-corrected chi connectivity index (χ4v) is 8.89. The van der Waals surface area contributed by atoms with Crippen LogP contribution in [0.15, 0.2) is 12.2 Å². The monoisotopic (exact) mass is 981 g/mol. The van der Waals surface area contributed by atoms with E-state index in [0.29, 0.717) is 19.3 Å². The Kier molecular flexibility index (Phi) is 43.5. The van der Waals surface area contributed by atoms with Crippen molar-refractivity contribution in [2.45, 2.75) is 314 Å². The van der Waals surface area contributed by atoms with Gasteiger partial charge in [0.05, 0.1) is 6.61 Å². The van der Waals surface area contributed by atoms with Gasteiger partial charge in [-0.25, -0.2) is 4.79 Å². The normalized spacial score (nSPS) is 18.7. The van der Waals surface area contributed by atoms with Gasteiger partial charge in [-0.05, 0) is 44.9 Å². The molecule has 1 rings (SSSR count). The van der Waals surface area contributed by atoms with Crippen molar-refractivity contribution in [1.82, 2.24) is 0 Å². The van der Waals surface area contributed by atoms with Crippen LogP contribution in [0.3, 0.4) is 0 Å². The van der Waals surface area contributed by atoms with Crippen molar-refractivity contribution in [2.24, 2.45) is 0 Å². The topological polar surface area (TPSA) is 175 Å². The number of carboxylic acid groups (broad SMARTS) is 1. The van der Waals surface area contributed by atoms with Crippen LogP contribution in [-0.2, 0) is 42.9 Å². The minimum atomic E-state index is -1.90. The summed E-state index contributed by atoms with van der Waals surface area (Å²) in [5.41, 5.74) is 0. The van der Waals surface area contributed by atoms with Gasteiger partial charge in [-0.1, -0.05) is 226 Å². The highest BCUT2D eigenvalue weighted by atomic mass is 16.7. The minimum Gasteiger partial charge on any atom is -0.479 e. The van der Waals surface area contributed by atoms with Gasteiger partial charge in [0.1, 0.15) is 18.8 Å². The number of carbonyl (C=O) groups excluding carboxylic acids is 3. The molecule has 0 aromatic carbocycles. The number of rotatable bonds is 49. The predicted octanol–water partition coefficient (Wildman–Crippen LogP) is 14.1. The van der Waals surface area contributed by atoms with Crippen molar-refractivity contribution in [3.05, 3.63) is 12.2 Å². The summed E-state index contributed by atoms with van der Waals surface area (Å²) in [6.45, 7) is 5.98. The second kappa shape index (κ2) is 46.5. The summed E-state index contributed by atoms with van der Waals surface area (Å²) in [5, 5.41) is 31.4. The van der Waals surface area contributed by atoms with E-state index in [9.17, 15) is 34.5 Å². The van der Waals surface area contributed by atoms with Crippen LogP contribution in [-0.4, -0.2) is 89.2 Å². The summed E-state index contributed by atoms with van der Waals surface area (Å²) in [6, 6.07) is 0. The summed E-state index contributed by atoms with van der Waals surface area (Å²) in [4.78, 5) is 50.9. The first-order valence-corrected chi connectivity index (χ1v) is 28.7. The molecule has 0 bridgehead atoms. The lowest BCUT2D eigenvalue weighted by molar-refractivity contribution is -0.301. The number of allylic oxidation sites excluding steroid dienone is 2. The lowest BCUT2D eigenvalue weighted by Gasteiger charge is -2.40. The third-order valence-electron chi connectivity index (χ3n) is 13.3. The SMILES string of the molecule is CCCCCC/C=C\CCCCCCCC(=O)OC1C(OCC(COC(=O)CCCCCCCCCCCCCCCCC)OC(=O)CCCCCCCCCCCCC)OC(C(=O)O)C(O)C1O. The number of carbonyl (C=O) groups is 4. The lowest BCUT2D eigenvalue weighted by Crippen LogP contribution is -2.61. The number of carboxylic acids is 1. The van der Waals surface area contributed by atoms with E-state index in [1.54, 1.807) is 0 Å². The van der Waals surface area contributed by atoms with Gasteiger partial charge >= 0.3 is 23.9 Å². The van der Waals surface area contributed by atoms with Crippen LogP contribution < -0.4 is 0 Å². The zero-order valence-corrected chi connectivity index (χ0v) is 44.3. The van der Waals surface area contributed by atoms with E-state index >= 15 is 0 Å². The van der Waals surface area contributed by atoms with Gasteiger partial charge in [0.15, 0.2) is 24.6 Å². The summed E-state index contributed by atoms with van der Waals surface area (Å²) < 4.78 is 28.4. The number of hydrogen-bond acceptors (Lipinski definition) is 11. The maximum atomic E-state index is 13.1. The van der Waals surface area contributed by atoms with Crippen LogP contribution in [0.4, 0.5) is 0 Å². The smallest absolute Gasteiger partial charge is 0.335 e. The number of aliphatic hydroxyl groups excluding tert-OH is 2. The number of esters is 3. The largest absolute Gasteiger partial charge is 0.479 e. The number of aliphatic carboxylic acids is 1. The van der Waals surface area contributed by atoms with Crippen LogP contribution in [0.25, 0.3) is 0 Å². The number of unbranched alkanes of at least 4 members (excludes halogenated alkanes) is 33. The molecule has 1 aliphatic rings. The molecule has 6 atom stereocenters. The molecule has 0 saturated carbocycles. The third-order valence-corrected chi connectivity index (χ3v) is 13.3. The second-order valence-corrected chi connectivity index (χ2v) is 19.9. The standard InChI is InChI=1S/C57H104O12/c1-4-7-10-13-16-19-22-24-25-27-29-31-34-37-40-43-49(58)65-46-48(67-50(59)44-41-38-35-32-28-21-18-15-12-9-6-3)47-66-57-55(53(62)52(61)54(69-57)56(63)64)68-51(60)45-42-39-36-33-30-26-23-20-17-14-11-8-5-2/h20,23,48,52-55,57,61-62H,4-19,21-22,24-47H2,1-3H3,(H,63,64)/b23-20-. The molecule has 0 spiro atoms. The highest BCUT2D eigenvalue weighted by Crippen LogP contribution is 2.26. The van der Waals surface area contributed by atoms with E-state index in [-0.39, 0.29) is 25.9 Å². The Morgan fingerprint density at radius 3 is 1.25 bits per heavy atom. The summed E-state index contributed by atoms with van der Waals surface area (Å²) in [6.07, 6.45) is 37.6. The van der Waals surface area contributed by atoms with E-state index in [1.807, 2.05) is 0 Å². The maximum absolute atomic E-state index is 13.1. The van der Waals surface area contributed by atoms with E-state index in [4.69, 9.17) is 23.7 Å². The molecule has 404 valence electrons. The fourth-order valence-electron chi connectivity index (χ4n) is 8.89. The molecule has 0 aromatic heterocycles. The fraction of sp³-hybridized carbons (Fsp3) is 0.895. The molecule has 12 nitrogen and oxygen atoms in total. The van der Waals surface area contributed by atoms with Gasteiger partial charge < -0.3 is 39.0 Å². The van der Waals surface area contributed by atoms with Gasteiger partial charge in [0.25, 0.3) is 0 Å². The molecule has 0 aromatic rings. The average Bonchev–Trinajstić information content (AvgIpc) is 3.33. The van der Waals surface area contributed by atoms with E-state index in [0.717, 1.165) is 77.0 Å². The molecule has 1 fully saturated rings. The molecule has 69 heavy (non-hydrogen) atoms. The van der Waals surface area contributed by atoms with E-state index < -0.39 is 67.3 Å². The minimum absolute atomic E-state index is 0.0562. The summed E-state index contributed by atoms with van der Waals surface area (Å²) in [5.74, 6) is -3.10. The Labute approximate surface area is 420 Å². The molecule has 1 saturated heterocycles. The third kappa shape index (κ3) is 37.0.